The third-order valence-electron chi connectivity index (χ3n) is 3.52. The number of aliphatic hydroxyl groups excluding tert-OH is 1. The van der Waals surface area contributed by atoms with Crippen LogP contribution in [0.3, 0.4) is 0 Å². The Balaban J connectivity index is 1.55. The number of furan rings is 1. The van der Waals surface area contributed by atoms with Gasteiger partial charge in [-0.25, -0.2) is 0 Å². The van der Waals surface area contributed by atoms with Crippen LogP contribution in [0.1, 0.15) is 21.6 Å². The molecule has 8 heteroatoms. The Morgan fingerprint density at radius 1 is 1.12 bits per heavy atom. The zero-order chi connectivity index (χ0) is 18.5. The van der Waals surface area contributed by atoms with Crippen LogP contribution < -0.4 is 10.6 Å². The van der Waals surface area contributed by atoms with Crippen molar-refractivity contribution in [2.45, 2.75) is 12.6 Å². The lowest BCUT2D eigenvalue weighted by Crippen LogP contribution is -2.34. The first kappa shape index (κ1) is 18.2. The number of carbonyl (C=O) groups is 2. The highest BCUT2D eigenvalue weighted by atomic mass is 35.5. The molecule has 2 heterocycles. The zero-order valence-corrected chi connectivity index (χ0v) is 15.0. The van der Waals surface area contributed by atoms with Crippen molar-refractivity contribution in [2.24, 2.45) is 0 Å². The molecule has 6 nitrogen and oxygen atoms in total. The van der Waals surface area contributed by atoms with Crippen LogP contribution in [0, 0.1) is 0 Å². The average molecular weight is 391 g/mol. The van der Waals surface area contributed by atoms with Crippen molar-refractivity contribution >= 4 is 40.4 Å². The highest BCUT2D eigenvalue weighted by Gasteiger charge is 2.17. The van der Waals surface area contributed by atoms with Gasteiger partial charge in [0, 0.05) is 9.75 Å². The molecule has 134 valence electrons. The van der Waals surface area contributed by atoms with E-state index in [9.17, 15) is 14.7 Å². The molecule has 3 N–H and O–H groups in total. The fourth-order valence-corrected chi connectivity index (χ4v) is 3.34. The highest BCUT2D eigenvalue weighted by Crippen LogP contribution is 2.28. The van der Waals surface area contributed by atoms with E-state index >= 15 is 0 Å². The summed E-state index contributed by atoms with van der Waals surface area (Å²) in [6, 6.07) is 13.6. The number of amides is 2. The van der Waals surface area contributed by atoms with E-state index in [4.69, 9.17) is 16.0 Å². The van der Waals surface area contributed by atoms with Crippen LogP contribution in [0.15, 0.2) is 59.2 Å². The number of halogens is 1. The maximum absolute atomic E-state index is 11.9. The largest absolute Gasteiger partial charge is 0.466 e. The number of hydrogen-bond donors (Lipinski definition) is 3. The van der Waals surface area contributed by atoms with Crippen molar-refractivity contribution in [1.29, 1.82) is 0 Å². The Morgan fingerprint density at radius 2 is 1.92 bits per heavy atom. The fraction of sp³-hybridized carbons (Fsp3) is 0.111. The van der Waals surface area contributed by atoms with Crippen LogP contribution in [0.4, 0.5) is 5.69 Å². The SMILES string of the molecule is O=C(NCc1ccc([C@@H](O)c2ccco2)s1)C(=O)Nc1ccccc1Cl. The van der Waals surface area contributed by atoms with Gasteiger partial charge in [-0.2, -0.15) is 0 Å². The molecular formula is C18H15ClN2O4S. The van der Waals surface area contributed by atoms with Crippen LogP contribution >= 0.6 is 22.9 Å². The second-order valence-electron chi connectivity index (χ2n) is 5.34. The molecule has 1 atom stereocenters. The van der Waals surface area contributed by atoms with E-state index in [1.807, 2.05) is 0 Å². The summed E-state index contributed by atoms with van der Waals surface area (Å²) in [5.41, 5.74) is 0.370. The number of aliphatic hydroxyl groups is 1. The molecule has 0 spiro atoms. The van der Waals surface area contributed by atoms with E-state index < -0.39 is 17.9 Å². The van der Waals surface area contributed by atoms with Crippen LogP contribution in [0.2, 0.25) is 5.02 Å². The summed E-state index contributed by atoms with van der Waals surface area (Å²) in [5.74, 6) is -1.13. The molecule has 3 aromatic rings. The lowest BCUT2D eigenvalue weighted by Gasteiger charge is -2.07. The quantitative estimate of drug-likeness (QED) is 0.583. The lowest BCUT2D eigenvalue weighted by atomic mass is 10.2. The van der Waals surface area contributed by atoms with Crippen molar-refractivity contribution in [1.82, 2.24) is 5.32 Å². The number of anilines is 1. The minimum atomic E-state index is -0.858. The number of carbonyl (C=O) groups excluding carboxylic acids is 2. The summed E-state index contributed by atoms with van der Waals surface area (Å²) in [7, 11) is 0. The van der Waals surface area contributed by atoms with Gasteiger partial charge in [0.25, 0.3) is 0 Å². The number of para-hydroxylation sites is 1. The minimum absolute atomic E-state index is 0.171. The summed E-state index contributed by atoms with van der Waals surface area (Å²) in [6.45, 7) is 0.171. The van der Waals surface area contributed by atoms with Crippen LogP contribution in [-0.2, 0) is 16.1 Å². The van der Waals surface area contributed by atoms with E-state index in [-0.39, 0.29) is 6.54 Å². The Kier molecular flexibility index (Phi) is 5.72. The van der Waals surface area contributed by atoms with Gasteiger partial charge in [-0.05, 0) is 36.4 Å². The normalized spacial score (nSPS) is 11.8. The monoisotopic (exact) mass is 390 g/mol. The van der Waals surface area contributed by atoms with Gasteiger partial charge in [0.15, 0.2) is 0 Å². The first-order valence-corrected chi connectivity index (χ1v) is 8.88. The summed E-state index contributed by atoms with van der Waals surface area (Å²) >= 11 is 7.27. The molecule has 0 saturated carbocycles. The topological polar surface area (TPSA) is 91.6 Å². The van der Waals surface area contributed by atoms with Crippen LogP contribution in [-0.4, -0.2) is 16.9 Å². The van der Waals surface area contributed by atoms with Gasteiger partial charge in [-0.3, -0.25) is 9.59 Å². The van der Waals surface area contributed by atoms with Crippen molar-refractivity contribution in [2.75, 3.05) is 5.32 Å². The van der Waals surface area contributed by atoms with Crippen molar-refractivity contribution in [3.63, 3.8) is 0 Å². The second kappa shape index (κ2) is 8.18. The lowest BCUT2D eigenvalue weighted by molar-refractivity contribution is -0.136. The van der Waals surface area contributed by atoms with E-state index in [0.29, 0.717) is 21.3 Å². The molecule has 0 saturated heterocycles. The third-order valence-corrected chi connectivity index (χ3v) is 4.98. The molecule has 2 aromatic heterocycles. The van der Waals surface area contributed by atoms with Crippen molar-refractivity contribution in [3.05, 3.63) is 75.3 Å². The van der Waals surface area contributed by atoms with Crippen molar-refractivity contribution in [3.8, 4) is 0 Å². The molecule has 0 fully saturated rings. The Bertz CT molecular complexity index is 908. The van der Waals surface area contributed by atoms with Gasteiger partial charge in [0.2, 0.25) is 0 Å². The molecule has 1 aromatic carbocycles. The molecule has 0 aliphatic heterocycles. The number of rotatable bonds is 5. The smallest absolute Gasteiger partial charge is 0.313 e. The predicted octanol–water partition coefficient (Wildman–Crippen LogP) is 3.33. The predicted molar refractivity (Wildman–Crippen MR) is 99.0 cm³/mol. The standard InChI is InChI=1S/C18H15ClN2O4S/c19-12-4-1-2-5-13(12)21-18(24)17(23)20-10-11-7-8-15(26-11)16(22)14-6-3-9-25-14/h1-9,16,22H,10H2,(H,20,23)(H,21,24)/t16-/m0/s1. The molecule has 0 aliphatic rings. The fourth-order valence-electron chi connectivity index (χ4n) is 2.21. The molecule has 0 radical (unpaired) electrons. The summed E-state index contributed by atoms with van der Waals surface area (Å²) < 4.78 is 5.18. The number of nitrogens with one attached hydrogen (secondary N) is 2. The second-order valence-corrected chi connectivity index (χ2v) is 6.95. The molecule has 0 bridgehead atoms. The number of hydrogen-bond acceptors (Lipinski definition) is 5. The van der Waals surface area contributed by atoms with Gasteiger partial charge in [0.1, 0.15) is 11.9 Å². The molecule has 26 heavy (non-hydrogen) atoms. The Morgan fingerprint density at radius 3 is 2.65 bits per heavy atom. The zero-order valence-electron chi connectivity index (χ0n) is 13.4. The maximum Gasteiger partial charge on any atom is 0.313 e. The van der Waals surface area contributed by atoms with Gasteiger partial charge in [-0.1, -0.05) is 23.7 Å². The Labute approximate surface area is 158 Å². The van der Waals surface area contributed by atoms with E-state index in [1.165, 1.54) is 17.6 Å². The van der Waals surface area contributed by atoms with Crippen molar-refractivity contribution < 1.29 is 19.1 Å². The minimum Gasteiger partial charge on any atom is -0.466 e. The molecule has 0 aliphatic carbocycles. The first-order chi connectivity index (χ1) is 12.5. The van der Waals surface area contributed by atoms with Gasteiger partial charge >= 0.3 is 11.8 Å². The summed E-state index contributed by atoms with van der Waals surface area (Å²) in [4.78, 5) is 25.3. The third kappa shape index (κ3) is 4.32. The van der Waals surface area contributed by atoms with Gasteiger partial charge in [-0.15, -0.1) is 11.3 Å². The van der Waals surface area contributed by atoms with E-state index in [1.54, 1.807) is 48.5 Å². The molecule has 2 amide bonds. The first-order valence-electron chi connectivity index (χ1n) is 7.68. The number of thiophene rings is 1. The average Bonchev–Trinajstić information content (AvgIpc) is 3.33. The molecule has 0 unspecified atom stereocenters. The molecular weight excluding hydrogens is 376 g/mol. The van der Waals surface area contributed by atoms with Gasteiger partial charge < -0.3 is 20.2 Å². The highest BCUT2D eigenvalue weighted by molar-refractivity contribution is 7.12. The van der Waals surface area contributed by atoms with Crippen LogP contribution in [0.25, 0.3) is 0 Å². The summed E-state index contributed by atoms with van der Waals surface area (Å²) in [6.07, 6.45) is 0.633. The van der Waals surface area contributed by atoms with E-state index in [2.05, 4.69) is 10.6 Å². The Hall–Kier alpha value is -2.61. The van der Waals surface area contributed by atoms with E-state index in [0.717, 1.165) is 4.88 Å². The number of benzene rings is 1. The van der Waals surface area contributed by atoms with Crippen LogP contribution in [0.5, 0.6) is 0 Å². The molecule has 3 rings (SSSR count). The maximum atomic E-state index is 11.9. The van der Waals surface area contributed by atoms with Gasteiger partial charge in [0.05, 0.1) is 23.5 Å². The summed E-state index contributed by atoms with van der Waals surface area (Å²) in [5, 5.41) is 15.5.